The summed E-state index contributed by atoms with van der Waals surface area (Å²) >= 11 is 0. The Labute approximate surface area is 359 Å². The molecule has 338 valence electrons. The minimum absolute atomic E-state index is 0. The number of ether oxygens (including phenoxy) is 2. The molecule has 0 fully saturated rings. The molecule has 0 rings (SSSR count). The van der Waals surface area contributed by atoms with Crippen LogP contribution in [-0.2, 0) is 19.1 Å². The molecule has 0 radical (unpaired) electrons. The zero-order valence-corrected chi connectivity index (χ0v) is 39.7. The van der Waals surface area contributed by atoms with E-state index in [1.54, 1.807) is 0 Å². The number of esters is 2. The number of unbranched alkanes of at least 4 members (excludes halogenated alkanes) is 18. The van der Waals surface area contributed by atoms with Gasteiger partial charge in [-0.1, -0.05) is 136 Å². The molecule has 0 aliphatic carbocycles. The molecule has 9 nitrogen and oxygen atoms in total. The Hall–Kier alpha value is -0.680. The highest BCUT2D eigenvalue weighted by Crippen LogP contribution is 2.16. The number of aliphatic hydroxyl groups is 2. The van der Waals surface area contributed by atoms with E-state index < -0.39 is 12.2 Å². The molecule has 11 heteroatoms. The van der Waals surface area contributed by atoms with Crippen molar-refractivity contribution in [2.75, 3.05) is 74.1 Å². The summed E-state index contributed by atoms with van der Waals surface area (Å²) in [7, 11) is 8.35. The smallest absolute Gasteiger partial charge is 0.306 e. The largest absolute Gasteiger partial charge is 1.00 e. The third kappa shape index (κ3) is 33.2. The maximum Gasteiger partial charge on any atom is 0.306 e. The Kier molecular flexibility index (Phi) is 39.7. The molecule has 0 heterocycles. The topological polar surface area (TPSA) is 96.3 Å². The Morgan fingerprint density at radius 2 is 0.786 bits per heavy atom. The van der Waals surface area contributed by atoms with E-state index in [1.165, 1.54) is 89.9 Å². The summed E-state index contributed by atoms with van der Waals surface area (Å²) in [4.78, 5) is 27.1. The van der Waals surface area contributed by atoms with Gasteiger partial charge < -0.3 is 53.5 Å². The molecule has 0 aromatic heterocycles. The second kappa shape index (κ2) is 37.3. The van der Waals surface area contributed by atoms with Crippen LogP contribution in [0.2, 0.25) is 0 Å². The van der Waals surface area contributed by atoms with Crippen molar-refractivity contribution in [3.63, 3.8) is 0 Å². The maximum absolute atomic E-state index is 12.4. The molecule has 0 bridgehead atoms. The second-order valence-electron chi connectivity index (χ2n) is 17.9. The number of quaternary nitrogens is 2. The average molecular weight is 843 g/mol. The minimum atomic E-state index is -0.583. The fraction of sp³-hybridized carbons (Fsp3) is 0.956. The number of carbonyl (C=O) groups excluding carboxylic acids is 2. The summed E-state index contributed by atoms with van der Waals surface area (Å²) < 4.78 is 12.4. The molecule has 0 amide bonds. The van der Waals surface area contributed by atoms with Gasteiger partial charge in [0.15, 0.2) is 0 Å². The fourth-order valence-corrected chi connectivity index (χ4v) is 7.14. The summed E-state index contributed by atoms with van der Waals surface area (Å²) in [6.45, 7) is 14.4. The predicted molar refractivity (Wildman–Crippen MR) is 226 cm³/mol. The van der Waals surface area contributed by atoms with E-state index in [4.69, 9.17) is 9.47 Å². The van der Waals surface area contributed by atoms with E-state index in [2.05, 4.69) is 67.7 Å². The summed E-state index contributed by atoms with van der Waals surface area (Å²) in [6, 6.07) is 0.0919. The Morgan fingerprint density at radius 1 is 0.500 bits per heavy atom. The molecule has 4 atom stereocenters. The van der Waals surface area contributed by atoms with Crippen molar-refractivity contribution in [2.45, 2.75) is 207 Å². The first-order valence-corrected chi connectivity index (χ1v) is 22.7. The number of nitrogens with zero attached hydrogens (tertiary/aromatic N) is 3. The summed E-state index contributed by atoms with van der Waals surface area (Å²) in [6.07, 6.45) is 25.0. The third-order valence-corrected chi connectivity index (χ3v) is 11.7. The van der Waals surface area contributed by atoms with Crippen molar-refractivity contribution < 1.29 is 63.1 Å². The molecule has 56 heavy (non-hydrogen) atoms. The van der Waals surface area contributed by atoms with E-state index in [-0.39, 0.29) is 48.8 Å². The van der Waals surface area contributed by atoms with Gasteiger partial charge in [-0.25, -0.2) is 0 Å². The van der Waals surface area contributed by atoms with Crippen molar-refractivity contribution in [3.05, 3.63) is 0 Å². The van der Waals surface area contributed by atoms with Gasteiger partial charge in [0.25, 0.3) is 0 Å². The molecular formula is C45H93Cl2N3O6. The van der Waals surface area contributed by atoms with Crippen LogP contribution in [0.1, 0.15) is 182 Å². The summed E-state index contributed by atoms with van der Waals surface area (Å²) in [5.74, 6) is -0.242. The summed E-state index contributed by atoms with van der Waals surface area (Å²) in [5, 5.41) is 22.6. The van der Waals surface area contributed by atoms with Gasteiger partial charge in [0, 0.05) is 25.9 Å². The predicted octanol–water partition coefficient (Wildman–Crippen LogP) is 3.07. The van der Waals surface area contributed by atoms with Gasteiger partial charge in [-0.3, -0.25) is 14.5 Å². The molecule has 0 aromatic carbocycles. The first-order chi connectivity index (χ1) is 25.7. The highest BCUT2D eigenvalue weighted by molar-refractivity contribution is 5.69. The quantitative estimate of drug-likeness (QED) is 0.0562. The Morgan fingerprint density at radius 3 is 1.11 bits per heavy atom. The number of hydrogen-bond donors (Lipinski definition) is 2. The van der Waals surface area contributed by atoms with Crippen LogP contribution in [0.15, 0.2) is 0 Å². The molecule has 2 N–H and O–H groups in total. The first-order valence-electron chi connectivity index (χ1n) is 22.7. The lowest BCUT2D eigenvalue weighted by atomic mass is 10.1. The number of halogens is 2. The van der Waals surface area contributed by atoms with E-state index >= 15 is 0 Å². The molecule has 0 saturated heterocycles. The lowest BCUT2D eigenvalue weighted by Gasteiger charge is -2.39. The van der Waals surface area contributed by atoms with Crippen LogP contribution < -0.4 is 24.8 Å². The molecule has 4 unspecified atom stereocenters. The second-order valence-corrected chi connectivity index (χ2v) is 17.9. The Bertz CT molecular complexity index is 847. The molecular weight excluding hydrogens is 749 g/mol. The van der Waals surface area contributed by atoms with Crippen molar-refractivity contribution in [3.8, 4) is 0 Å². The van der Waals surface area contributed by atoms with Crippen molar-refractivity contribution in [1.82, 2.24) is 4.90 Å². The highest BCUT2D eigenvalue weighted by Gasteiger charge is 2.32. The number of likely N-dealkylation sites (N-methyl/N-ethyl adjacent to an activating group) is 2. The van der Waals surface area contributed by atoms with E-state index in [9.17, 15) is 19.8 Å². The maximum atomic E-state index is 12.4. The van der Waals surface area contributed by atoms with Crippen LogP contribution >= 0.6 is 0 Å². The van der Waals surface area contributed by atoms with Crippen LogP contribution in [-0.4, -0.2) is 134 Å². The zero-order chi connectivity index (χ0) is 40.7. The van der Waals surface area contributed by atoms with Gasteiger partial charge >= 0.3 is 11.9 Å². The number of rotatable bonds is 38. The van der Waals surface area contributed by atoms with Crippen LogP contribution in [0.4, 0.5) is 0 Å². The van der Waals surface area contributed by atoms with Gasteiger partial charge in [0.05, 0.1) is 28.2 Å². The van der Waals surface area contributed by atoms with Crippen LogP contribution in [0.5, 0.6) is 0 Å². The average Bonchev–Trinajstić information content (AvgIpc) is 3.10. The summed E-state index contributed by atoms with van der Waals surface area (Å²) in [5.41, 5.74) is 0. The lowest BCUT2D eigenvalue weighted by molar-refractivity contribution is -0.916. The minimum Gasteiger partial charge on any atom is -1.00 e. The van der Waals surface area contributed by atoms with Crippen molar-refractivity contribution in [2.24, 2.45) is 0 Å². The van der Waals surface area contributed by atoms with Crippen LogP contribution in [0, 0.1) is 0 Å². The van der Waals surface area contributed by atoms with E-state index in [1.807, 2.05) is 0 Å². The van der Waals surface area contributed by atoms with Crippen LogP contribution in [0.3, 0.4) is 0 Å². The monoisotopic (exact) mass is 842 g/mol. The lowest BCUT2D eigenvalue weighted by Crippen LogP contribution is -3.00. The van der Waals surface area contributed by atoms with Gasteiger partial charge in [0.1, 0.15) is 50.6 Å². The van der Waals surface area contributed by atoms with Crippen molar-refractivity contribution >= 4 is 11.9 Å². The third-order valence-electron chi connectivity index (χ3n) is 11.7. The highest BCUT2D eigenvalue weighted by atomic mass is 35.5. The first kappa shape index (κ1) is 59.6. The Balaban J connectivity index is -0.0000140. The van der Waals surface area contributed by atoms with E-state index in [0.717, 1.165) is 51.5 Å². The standard InChI is InChI=1S/C45H93N3O6.2ClH/c1-10-13-16-18-20-22-24-26-28-31-44(51)53-38-40(4)47(6,7)36-42(49)34-46(33-30-15-12-3)35-43(50)37-48(8,9)41(5)39-54-45(52)32-29-27-25-23-21-19-17-14-11-2;;/h40-43,49-50H,10-39H2,1-9H3;2*1H/q+2;;/p-2. The van der Waals surface area contributed by atoms with Crippen molar-refractivity contribution in [1.29, 1.82) is 0 Å². The number of hydrogen-bond acceptors (Lipinski definition) is 7. The van der Waals surface area contributed by atoms with Gasteiger partial charge in [-0.05, 0) is 39.7 Å². The van der Waals surface area contributed by atoms with Gasteiger partial charge in [-0.15, -0.1) is 0 Å². The molecule has 0 spiro atoms. The molecule has 0 aliphatic heterocycles. The molecule has 0 aromatic rings. The normalized spacial score (nSPS) is 14.1. The number of aliphatic hydroxyl groups excluding tert-OH is 2. The van der Waals surface area contributed by atoms with Gasteiger partial charge in [-0.2, -0.15) is 0 Å². The fourth-order valence-electron chi connectivity index (χ4n) is 7.14. The number of carbonyl (C=O) groups is 2. The molecule has 0 saturated carbocycles. The SMILES string of the molecule is CCCCCCCCCCCC(=O)OCC(C)[N+](C)(C)CC(O)CN(CCCCC)CC(O)C[N+](C)(C)C(C)COC(=O)CCCCCCCCCCC.[Cl-].[Cl-]. The van der Waals surface area contributed by atoms with E-state index in [0.29, 0.717) is 61.2 Å². The van der Waals surface area contributed by atoms with Gasteiger partial charge in [0.2, 0.25) is 0 Å². The zero-order valence-electron chi connectivity index (χ0n) is 38.1. The molecule has 0 aliphatic rings. The van der Waals surface area contributed by atoms with Crippen LogP contribution in [0.25, 0.3) is 0 Å².